The van der Waals surface area contributed by atoms with Gasteiger partial charge in [0.05, 0.1) is 42.5 Å². The molecule has 0 aliphatic rings. The standard InChI is InChI=1S/C25H37FN4O3/c1-7-18(11-23(31)32)19-9-21(26)24(30(14-16(3)4)15-17(5)6)22(10-19)29-20-12-27-25(28-13-20)33-8-2/h9-10,12-13,16-18,29H,7-8,11,14-15H2,1-6H3,(H,31,32). The number of ether oxygens (including phenoxy) is 1. The van der Waals surface area contributed by atoms with Crippen LogP contribution in [0.25, 0.3) is 0 Å². The normalized spacial score (nSPS) is 12.2. The quantitative estimate of drug-likeness (QED) is 0.388. The van der Waals surface area contributed by atoms with Crippen molar-refractivity contribution in [3.8, 4) is 6.01 Å². The van der Waals surface area contributed by atoms with Crippen LogP contribution < -0.4 is 15.0 Å². The van der Waals surface area contributed by atoms with Crippen molar-refractivity contribution in [2.24, 2.45) is 11.8 Å². The number of aromatic nitrogens is 2. The fourth-order valence-electron chi connectivity index (χ4n) is 3.86. The minimum atomic E-state index is -0.901. The third-order valence-electron chi connectivity index (χ3n) is 5.14. The Bertz CT molecular complexity index is 893. The van der Waals surface area contributed by atoms with Crippen molar-refractivity contribution in [3.63, 3.8) is 0 Å². The van der Waals surface area contributed by atoms with E-state index in [1.807, 2.05) is 19.9 Å². The van der Waals surface area contributed by atoms with Crippen molar-refractivity contribution in [2.75, 3.05) is 29.9 Å². The molecule has 7 nitrogen and oxygen atoms in total. The van der Waals surface area contributed by atoms with Gasteiger partial charge < -0.3 is 20.1 Å². The zero-order valence-electron chi connectivity index (χ0n) is 20.6. The van der Waals surface area contributed by atoms with Crippen LogP contribution in [0.15, 0.2) is 24.5 Å². The third-order valence-corrected chi connectivity index (χ3v) is 5.14. The van der Waals surface area contributed by atoms with Crippen LogP contribution in [0.1, 0.15) is 65.9 Å². The molecule has 0 aliphatic heterocycles. The third kappa shape index (κ3) is 7.87. The van der Waals surface area contributed by atoms with E-state index in [0.717, 1.165) is 0 Å². The Morgan fingerprint density at radius 1 is 1.12 bits per heavy atom. The number of carboxylic acid groups (broad SMARTS) is 1. The molecular formula is C25H37FN4O3. The first kappa shape index (κ1) is 26.4. The number of hydrogen-bond acceptors (Lipinski definition) is 6. The van der Waals surface area contributed by atoms with Crippen LogP contribution in [0.2, 0.25) is 0 Å². The second-order valence-corrected chi connectivity index (χ2v) is 9.11. The summed E-state index contributed by atoms with van der Waals surface area (Å²) in [6.07, 6.45) is 3.73. The molecule has 8 heteroatoms. The van der Waals surface area contributed by atoms with Gasteiger partial charge in [-0.05, 0) is 48.8 Å². The van der Waals surface area contributed by atoms with Crippen LogP contribution in [-0.4, -0.2) is 40.7 Å². The Labute approximate surface area is 196 Å². The predicted octanol–water partition coefficient (Wildman–Crippen LogP) is 5.84. The highest BCUT2D eigenvalue weighted by Crippen LogP contribution is 2.37. The highest BCUT2D eigenvalue weighted by atomic mass is 19.1. The highest BCUT2D eigenvalue weighted by Gasteiger charge is 2.23. The number of nitrogens with one attached hydrogen (secondary N) is 1. The monoisotopic (exact) mass is 460 g/mol. The van der Waals surface area contributed by atoms with E-state index in [1.165, 1.54) is 6.07 Å². The summed E-state index contributed by atoms with van der Waals surface area (Å²) in [5.41, 5.74) is 2.30. The Morgan fingerprint density at radius 2 is 1.73 bits per heavy atom. The molecule has 1 heterocycles. The summed E-state index contributed by atoms with van der Waals surface area (Å²) in [4.78, 5) is 21.8. The van der Waals surface area contributed by atoms with Crippen LogP contribution in [0.3, 0.4) is 0 Å². The summed E-state index contributed by atoms with van der Waals surface area (Å²) in [6, 6.07) is 3.62. The smallest absolute Gasteiger partial charge is 0.316 e. The van der Waals surface area contributed by atoms with Gasteiger partial charge in [-0.1, -0.05) is 34.6 Å². The number of anilines is 3. The number of benzene rings is 1. The van der Waals surface area contributed by atoms with Gasteiger partial charge in [-0.15, -0.1) is 0 Å². The van der Waals surface area contributed by atoms with E-state index in [0.29, 0.717) is 60.6 Å². The van der Waals surface area contributed by atoms with E-state index < -0.39 is 5.97 Å². The zero-order valence-corrected chi connectivity index (χ0v) is 20.6. The molecule has 2 N–H and O–H groups in total. The molecule has 0 amide bonds. The average molecular weight is 461 g/mol. The molecule has 2 rings (SSSR count). The molecule has 1 unspecified atom stereocenters. The number of carboxylic acids is 1. The summed E-state index contributed by atoms with van der Waals surface area (Å²) < 4.78 is 21.0. The van der Waals surface area contributed by atoms with Gasteiger partial charge in [0.25, 0.3) is 0 Å². The van der Waals surface area contributed by atoms with E-state index in [9.17, 15) is 9.90 Å². The van der Waals surface area contributed by atoms with Crippen LogP contribution in [0.5, 0.6) is 6.01 Å². The second-order valence-electron chi connectivity index (χ2n) is 9.11. The molecule has 2 aromatic rings. The van der Waals surface area contributed by atoms with Crippen LogP contribution in [0.4, 0.5) is 21.5 Å². The van der Waals surface area contributed by atoms with Crippen LogP contribution in [0, 0.1) is 17.7 Å². The summed E-state index contributed by atoms with van der Waals surface area (Å²) >= 11 is 0. The summed E-state index contributed by atoms with van der Waals surface area (Å²) in [5.74, 6) is -0.888. The van der Waals surface area contributed by atoms with Crippen LogP contribution in [-0.2, 0) is 4.79 Å². The maximum absolute atomic E-state index is 15.7. The van der Waals surface area contributed by atoms with Crippen molar-refractivity contribution >= 4 is 23.0 Å². The van der Waals surface area contributed by atoms with Gasteiger partial charge in [-0.3, -0.25) is 4.79 Å². The topological polar surface area (TPSA) is 87.6 Å². The molecule has 0 saturated heterocycles. The van der Waals surface area contributed by atoms with E-state index in [1.54, 1.807) is 12.4 Å². The molecule has 0 saturated carbocycles. The lowest BCUT2D eigenvalue weighted by molar-refractivity contribution is -0.137. The predicted molar refractivity (Wildman–Crippen MR) is 130 cm³/mol. The molecular weight excluding hydrogens is 423 g/mol. The van der Waals surface area contributed by atoms with Crippen molar-refractivity contribution in [1.29, 1.82) is 0 Å². The minimum Gasteiger partial charge on any atom is -0.481 e. The molecule has 1 aromatic carbocycles. The van der Waals surface area contributed by atoms with E-state index in [2.05, 4.69) is 47.9 Å². The first-order valence-electron chi connectivity index (χ1n) is 11.7. The number of aliphatic carboxylic acids is 1. The van der Waals surface area contributed by atoms with E-state index in [4.69, 9.17) is 4.74 Å². The molecule has 0 radical (unpaired) electrons. The molecule has 0 aliphatic carbocycles. The maximum Gasteiger partial charge on any atom is 0.316 e. The SMILES string of the molecule is CCOc1ncc(Nc2cc(C(CC)CC(=O)O)cc(F)c2N(CC(C)C)CC(C)C)cn1. The summed E-state index contributed by atoms with van der Waals surface area (Å²) in [5, 5.41) is 12.6. The first-order valence-corrected chi connectivity index (χ1v) is 11.7. The van der Waals surface area contributed by atoms with Gasteiger partial charge in [-0.25, -0.2) is 14.4 Å². The Kier molecular flexibility index (Phi) is 9.88. The second kappa shape index (κ2) is 12.4. The lowest BCUT2D eigenvalue weighted by atomic mass is 9.92. The fraction of sp³-hybridized carbons (Fsp3) is 0.560. The van der Waals surface area contributed by atoms with E-state index in [-0.39, 0.29) is 24.2 Å². The van der Waals surface area contributed by atoms with Crippen molar-refractivity contribution < 1.29 is 19.0 Å². The number of nitrogens with zero attached hydrogens (tertiary/aromatic N) is 3. The Hall–Kier alpha value is -2.90. The number of rotatable bonds is 13. The molecule has 0 fully saturated rings. The van der Waals surface area contributed by atoms with Gasteiger partial charge in [0, 0.05) is 13.1 Å². The number of hydrogen-bond donors (Lipinski definition) is 2. The number of halogens is 1. The lowest BCUT2D eigenvalue weighted by Gasteiger charge is -2.31. The fourth-order valence-corrected chi connectivity index (χ4v) is 3.86. The maximum atomic E-state index is 15.7. The molecule has 1 atom stereocenters. The van der Waals surface area contributed by atoms with Gasteiger partial charge in [0.2, 0.25) is 0 Å². The van der Waals surface area contributed by atoms with E-state index >= 15 is 4.39 Å². The summed E-state index contributed by atoms with van der Waals surface area (Å²) in [6.45, 7) is 14.0. The minimum absolute atomic E-state index is 0.0530. The Morgan fingerprint density at radius 3 is 2.21 bits per heavy atom. The van der Waals surface area contributed by atoms with Gasteiger partial charge in [0.15, 0.2) is 0 Å². The molecule has 0 bridgehead atoms. The molecule has 33 heavy (non-hydrogen) atoms. The van der Waals surface area contributed by atoms with Gasteiger partial charge in [-0.2, -0.15) is 0 Å². The zero-order chi connectivity index (χ0) is 24.5. The molecule has 1 aromatic heterocycles. The largest absolute Gasteiger partial charge is 0.481 e. The van der Waals surface area contributed by atoms with Crippen LogP contribution >= 0.6 is 0 Å². The van der Waals surface area contributed by atoms with Gasteiger partial charge in [0.1, 0.15) is 5.82 Å². The highest BCUT2D eigenvalue weighted by molar-refractivity contribution is 5.77. The Balaban J connectivity index is 2.56. The van der Waals surface area contributed by atoms with Crippen molar-refractivity contribution in [3.05, 3.63) is 35.9 Å². The average Bonchev–Trinajstić information content (AvgIpc) is 2.72. The van der Waals surface area contributed by atoms with Crippen molar-refractivity contribution in [1.82, 2.24) is 9.97 Å². The molecule has 0 spiro atoms. The lowest BCUT2D eigenvalue weighted by Crippen LogP contribution is -2.32. The number of carbonyl (C=O) groups is 1. The van der Waals surface area contributed by atoms with Gasteiger partial charge >= 0.3 is 12.0 Å². The molecule has 182 valence electrons. The summed E-state index contributed by atoms with van der Waals surface area (Å²) in [7, 11) is 0. The van der Waals surface area contributed by atoms with Crippen molar-refractivity contribution in [2.45, 2.75) is 60.3 Å². The first-order chi connectivity index (χ1) is 15.6.